The van der Waals surface area contributed by atoms with Gasteiger partial charge in [-0.05, 0) is 120 Å². The molecule has 5 aliphatic carbocycles. The highest BCUT2D eigenvalue weighted by atomic mass is 16.4. The smallest absolute Gasteiger partial charge is 0.310 e. The fourth-order valence-corrected chi connectivity index (χ4v) is 12.3. The lowest BCUT2D eigenvalue weighted by atomic mass is 9.33. The van der Waals surface area contributed by atoms with E-state index in [4.69, 9.17) is 15.8 Å². The number of aromatic nitrogens is 3. The van der Waals surface area contributed by atoms with Gasteiger partial charge in [0.05, 0.1) is 11.1 Å². The van der Waals surface area contributed by atoms with Crippen molar-refractivity contribution in [2.24, 2.45) is 44.8 Å². The number of nitrogens with one attached hydrogen (secondary N) is 1. The van der Waals surface area contributed by atoms with Gasteiger partial charge in [0.15, 0.2) is 0 Å². The topological polar surface area (TPSA) is 108 Å². The molecule has 3 fully saturated rings. The fourth-order valence-electron chi connectivity index (χ4n) is 12.3. The van der Waals surface area contributed by atoms with Gasteiger partial charge < -0.3 is 15.7 Å². The van der Waals surface area contributed by atoms with Crippen LogP contribution in [-0.2, 0) is 16.6 Å². The Labute approximate surface area is 269 Å². The van der Waals surface area contributed by atoms with Crippen LogP contribution in [0.5, 0.6) is 0 Å². The molecule has 7 rings (SSSR count). The van der Waals surface area contributed by atoms with Crippen molar-refractivity contribution in [1.29, 1.82) is 0 Å². The highest BCUT2D eigenvalue weighted by Crippen LogP contribution is 2.77. The number of carboxylic acids is 1. The minimum atomic E-state index is -0.691. The molecule has 0 bridgehead atoms. The summed E-state index contributed by atoms with van der Waals surface area (Å²) in [5.74, 6) is 2.00. The Balaban J connectivity index is 1.48. The number of aromatic amines is 1. The molecule has 3 saturated carbocycles. The maximum atomic E-state index is 13.4. The first-order valence-corrected chi connectivity index (χ1v) is 17.4. The van der Waals surface area contributed by atoms with Gasteiger partial charge in [-0.3, -0.25) is 9.89 Å². The van der Waals surface area contributed by atoms with Crippen molar-refractivity contribution >= 4 is 23.2 Å². The number of carbonyl (C=O) groups is 1. The summed E-state index contributed by atoms with van der Waals surface area (Å²) in [6, 6.07) is 4.40. The van der Waals surface area contributed by atoms with E-state index in [1.807, 2.05) is 19.0 Å². The summed E-state index contributed by atoms with van der Waals surface area (Å²) in [6.07, 6.45) is 10.6. The molecule has 2 aromatic rings. The van der Waals surface area contributed by atoms with E-state index in [0.29, 0.717) is 11.8 Å². The molecule has 0 radical (unpaired) electrons. The number of allylic oxidation sites excluding steroid dienone is 2. The quantitative estimate of drug-likeness (QED) is 0.325. The standard InChI is InChI=1S/C38H55N5O2/c1-33(2)14-16-38(32(44)45)17-15-37(7)29(25(38)20-33)23(22-10-11-28(40-21-22)43(8)9)18-27-35(5)19-24-30(41-42-31(24)39)34(3,4)26(35)12-13-36(27,37)6/h10-11,21,25-27H,12-20H2,1-9H3,(H,44,45)(H3,39,41,42). The van der Waals surface area contributed by atoms with E-state index in [9.17, 15) is 9.90 Å². The van der Waals surface area contributed by atoms with Gasteiger partial charge in [-0.2, -0.15) is 5.10 Å². The Hall–Kier alpha value is -2.83. The van der Waals surface area contributed by atoms with Crippen LogP contribution in [0.4, 0.5) is 11.6 Å². The van der Waals surface area contributed by atoms with Crippen LogP contribution in [0.25, 0.3) is 5.57 Å². The maximum absolute atomic E-state index is 13.4. The first kappa shape index (κ1) is 30.8. The second kappa shape index (κ2) is 9.38. The fraction of sp³-hybridized carbons (Fsp3) is 0.711. The van der Waals surface area contributed by atoms with Crippen molar-refractivity contribution in [3.8, 4) is 0 Å². The van der Waals surface area contributed by atoms with Crippen LogP contribution in [-0.4, -0.2) is 40.4 Å². The van der Waals surface area contributed by atoms with E-state index in [1.54, 1.807) is 0 Å². The predicted molar refractivity (Wildman–Crippen MR) is 181 cm³/mol. The number of rotatable bonds is 3. The van der Waals surface area contributed by atoms with E-state index in [-0.39, 0.29) is 33.0 Å². The average Bonchev–Trinajstić information content (AvgIpc) is 3.33. The summed E-state index contributed by atoms with van der Waals surface area (Å²) in [6.45, 7) is 17.2. The van der Waals surface area contributed by atoms with Gasteiger partial charge in [-0.1, -0.05) is 54.0 Å². The number of pyridine rings is 1. The molecule has 0 amide bonds. The van der Waals surface area contributed by atoms with Gasteiger partial charge in [0, 0.05) is 31.3 Å². The normalized spacial score (nSPS) is 39.5. The molecule has 2 aromatic heterocycles. The van der Waals surface area contributed by atoms with Crippen LogP contribution < -0.4 is 10.6 Å². The van der Waals surface area contributed by atoms with Crippen molar-refractivity contribution in [3.63, 3.8) is 0 Å². The Morgan fingerprint density at radius 2 is 1.71 bits per heavy atom. The molecule has 0 aliphatic heterocycles. The van der Waals surface area contributed by atoms with Gasteiger partial charge in [-0.25, -0.2) is 4.98 Å². The highest BCUT2D eigenvalue weighted by molar-refractivity contribution is 5.80. The van der Waals surface area contributed by atoms with Crippen LogP contribution in [0.3, 0.4) is 0 Å². The third-order valence-electron chi connectivity index (χ3n) is 14.9. The zero-order valence-corrected chi connectivity index (χ0v) is 29.1. The molecule has 2 heterocycles. The van der Waals surface area contributed by atoms with Crippen LogP contribution >= 0.6 is 0 Å². The predicted octanol–water partition coefficient (Wildman–Crippen LogP) is 7.88. The van der Waals surface area contributed by atoms with Crippen molar-refractivity contribution in [2.45, 2.75) is 112 Å². The lowest BCUT2D eigenvalue weighted by molar-refractivity contribution is -0.175. The number of nitrogen functional groups attached to an aromatic ring is 1. The number of hydrogen-bond acceptors (Lipinski definition) is 5. The third kappa shape index (κ3) is 3.91. The first-order valence-electron chi connectivity index (χ1n) is 17.4. The Bertz CT molecular complexity index is 1590. The number of aliphatic carboxylic acids is 1. The minimum absolute atomic E-state index is 0.0193. The summed E-state index contributed by atoms with van der Waals surface area (Å²) < 4.78 is 0. The molecule has 45 heavy (non-hydrogen) atoms. The number of anilines is 2. The second-order valence-electron chi connectivity index (χ2n) is 18.0. The number of fused-ring (bicyclic) bond motifs is 8. The van der Waals surface area contributed by atoms with Gasteiger partial charge >= 0.3 is 5.97 Å². The van der Waals surface area contributed by atoms with E-state index in [0.717, 1.165) is 75.1 Å². The molecular formula is C38H55N5O2. The lowest BCUT2D eigenvalue weighted by Crippen LogP contribution is -2.65. The van der Waals surface area contributed by atoms with Crippen molar-refractivity contribution < 1.29 is 9.90 Å². The number of hydrogen-bond donors (Lipinski definition) is 3. The zero-order valence-electron chi connectivity index (χ0n) is 29.1. The lowest BCUT2D eigenvalue weighted by Gasteiger charge is -2.71. The van der Waals surface area contributed by atoms with Gasteiger partial charge in [0.25, 0.3) is 0 Å². The van der Waals surface area contributed by atoms with E-state index >= 15 is 0 Å². The first-order chi connectivity index (χ1) is 20.9. The number of nitrogens with zero attached hydrogens (tertiary/aromatic N) is 3. The minimum Gasteiger partial charge on any atom is -0.481 e. The molecule has 244 valence electrons. The maximum Gasteiger partial charge on any atom is 0.310 e. The summed E-state index contributed by atoms with van der Waals surface area (Å²) >= 11 is 0. The second-order valence-corrected chi connectivity index (χ2v) is 18.0. The molecule has 7 unspecified atom stereocenters. The van der Waals surface area contributed by atoms with Gasteiger partial charge in [0.2, 0.25) is 0 Å². The number of nitrogens with two attached hydrogens (primary N) is 1. The Morgan fingerprint density at radius 1 is 1.00 bits per heavy atom. The molecule has 0 aromatic carbocycles. The molecule has 7 heteroatoms. The van der Waals surface area contributed by atoms with E-state index in [2.05, 4.69) is 71.9 Å². The largest absolute Gasteiger partial charge is 0.481 e. The molecule has 0 spiro atoms. The zero-order chi connectivity index (χ0) is 32.5. The summed E-state index contributed by atoms with van der Waals surface area (Å²) in [5.41, 5.74) is 12.3. The Morgan fingerprint density at radius 3 is 2.36 bits per heavy atom. The van der Waals surface area contributed by atoms with Crippen molar-refractivity contribution in [3.05, 3.63) is 40.7 Å². The molecule has 7 atom stereocenters. The molecular weight excluding hydrogens is 558 g/mol. The molecule has 5 aliphatic rings. The molecule has 7 nitrogen and oxygen atoms in total. The Kier molecular flexibility index (Phi) is 6.42. The van der Waals surface area contributed by atoms with Crippen molar-refractivity contribution in [2.75, 3.05) is 24.7 Å². The van der Waals surface area contributed by atoms with Crippen LogP contribution in [0.15, 0.2) is 23.9 Å². The third-order valence-corrected chi connectivity index (χ3v) is 14.9. The van der Waals surface area contributed by atoms with Crippen LogP contribution in [0.2, 0.25) is 0 Å². The summed E-state index contributed by atoms with van der Waals surface area (Å²) in [5, 5.41) is 18.9. The van der Waals surface area contributed by atoms with Crippen molar-refractivity contribution in [1.82, 2.24) is 15.2 Å². The monoisotopic (exact) mass is 613 g/mol. The van der Waals surface area contributed by atoms with Crippen LogP contribution in [0.1, 0.15) is 117 Å². The van der Waals surface area contributed by atoms with Gasteiger partial charge in [-0.15, -0.1) is 0 Å². The number of carboxylic acid groups (broad SMARTS) is 1. The van der Waals surface area contributed by atoms with Gasteiger partial charge in [0.1, 0.15) is 11.6 Å². The van der Waals surface area contributed by atoms with Crippen LogP contribution in [0, 0.1) is 44.8 Å². The highest BCUT2D eigenvalue weighted by Gasteiger charge is 2.70. The molecule has 4 N–H and O–H groups in total. The van der Waals surface area contributed by atoms with E-state index < -0.39 is 11.4 Å². The van der Waals surface area contributed by atoms with E-state index in [1.165, 1.54) is 22.3 Å². The number of H-pyrrole nitrogens is 1. The molecule has 0 saturated heterocycles. The SMILES string of the molecule is CN(C)c1ccc(C2=C3C4CC(C)(C)CCC4(C(=O)O)CCC3(C)C3(C)CCC4C(C)(C)c5n[nH]c(N)c5CC4(C)C3C2)cn1. The summed E-state index contributed by atoms with van der Waals surface area (Å²) in [4.78, 5) is 20.4. The summed E-state index contributed by atoms with van der Waals surface area (Å²) in [7, 11) is 4.06. The average molecular weight is 614 g/mol.